The summed E-state index contributed by atoms with van der Waals surface area (Å²) in [4.78, 5) is 19.8. The minimum atomic E-state index is 0.0158. The van der Waals surface area contributed by atoms with Gasteiger partial charge in [-0.3, -0.25) is 4.79 Å². The number of anilines is 1. The number of hydrogen-bond donors (Lipinski definition) is 0. The van der Waals surface area contributed by atoms with Crippen LogP contribution in [0.25, 0.3) is 11.0 Å². The van der Waals surface area contributed by atoms with Crippen LogP contribution in [0.2, 0.25) is 0 Å². The fraction of sp³-hybridized carbons (Fsp3) is 0.286. The number of hydrogen-bond acceptors (Lipinski definition) is 4. The predicted molar refractivity (Wildman–Crippen MR) is 134 cm³/mol. The number of aromatic nitrogens is 2. The third-order valence-electron chi connectivity index (χ3n) is 6.43. The van der Waals surface area contributed by atoms with Crippen molar-refractivity contribution in [2.24, 2.45) is 0 Å². The van der Waals surface area contributed by atoms with Crippen LogP contribution < -0.4 is 14.4 Å². The van der Waals surface area contributed by atoms with Gasteiger partial charge in [0.2, 0.25) is 5.91 Å². The molecule has 0 radical (unpaired) electrons. The first-order valence-corrected chi connectivity index (χ1v) is 11.7. The SMILES string of the molecule is COc1ccccc1N1C[C@H](c2nc3ccccc3n2CCCOc2ccccc2C)CC1=O. The number of para-hydroxylation sites is 5. The molecule has 34 heavy (non-hydrogen) atoms. The zero-order chi connectivity index (χ0) is 23.5. The normalized spacial score (nSPS) is 15.8. The van der Waals surface area contributed by atoms with Crippen LogP contribution >= 0.6 is 0 Å². The number of ether oxygens (including phenoxy) is 2. The number of aryl methyl sites for hydroxylation is 2. The van der Waals surface area contributed by atoms with E-state index in [1.807, 2.05) is 65.6 Å². The lowest BCUT2D eigenvalue weighted by atomic mass is 10.1. The van der Waals surface area contributed by atoms with Crippen molar-refractivity contribution >= 4 is 22.6 Å². The van der Waals surface area contributed by atoms with Gasteiger partial charge in [-0.2, -0.15) is 0 Å². The van der Waals surface area contributed by atoms with E-state index in [1.54, 1.807) is 7.11 Å². The molecule has 1 atom stereocenters. The Morgan fingerprint density at radius 2 is 1.71 bits per heavy atom. The van der Waals surface area contributed by atoms with Crippen LogP contribution in [0.1, 0.15) is 30.1 Å². The van der Waals surface area contributed by atoms with Crippen LogP contribution in [0.4, 0.5) is 5.69 Å². The highest BCUT2D eigenvalue weighted by molar-refractivity contribution is 5.97. The van der Waals surface area contributed by atoms with Crippen molar-refractivity contribution in [2.45, 2.75) is 32.2 Å². The lowest BCUT2D eigenvalue weighted by molar-refractivity contribution is -0.117. The fourth-order valence-corrected chi connectivity index (χ4v) is 4.73. The smallest absolute Gasteiger partial charge is 0.227 e. The maximum atomic E-state index is 13.0. The minimum Gasteiger partial charge on any atom is -0.495 e. The third-order valence-corrected chi connectivity index (χ3v) is 6.43. The van der Waals surface area contributed by atoms with Gasteiger partial charge in [-0.25, -0.2) is 4.98 Å². The van der Waals surface area contributed by atoms with E-state index in [2.05, 4.69) is 23.6 Å². The molecule has 0 unspecified atom stereocenters. The van der Waals surface area contributed by atoms with E-state index in [4.69, 9.17) is 14.5 Å². The van der Waals surface area contributed by atoms with Gasteiger partial charge in [0.25, 0.3) is 0 Å². The molecule has 0 spiro atoms. The lowest BCUT2D eigenvalue weighted by Crippen LogP contribution is -2.25. The molecular weight excluding hydrogens is 426 g/mol. The molecule has 1 aromatic heterocycles. The van der Waals surface area contributed by atoms with E-state index < -0.39 is 0 Å². The van der Waals surface area contributed by atoms with Gasteiger partial charge in [0.05, 0.1) is 30.4 Å². The number of amides is 1. The van der Waals surface area contributed by atoms with Crippen LogP contribution in [0, 0.1) is 6.92 Å². The van der Waals surface area contributed by atoms with Crippen molar-refractivity contribution in [2.75, 3.05) is 25.2 Å². The van der Waals surface area contributed by atoms with Gasteiger partial charge < -0.3 is 18.9 Å². The topological polar surface area (TPSA) is 56.6 Å². The molecule has 0 saturated carbocycles. The van der Waals surface area contributed by atoms with E-state index in [0.29, 0.717) is 25.3 Å². The number of rotatable bonds is 8. The number of fused-ring (bicyclic) bond motifs is 1. The van der Waals surface area contributed by atoms with E-state index in [-0.39, 0.29) is 11.8 Å². The molecule has 4 aromatic rings. The summed E-state index contributed by atoms with van der Waals surface area (Å²) in [6.07, 6.45) is 1.28. The lowest BCUT2D eigenvalue weighted by Gasteiger charge is -2.20. The largest absolute Gasteiger partial charge is 0.495 e. The monoisotopic (exact) mass is 455 g/mol. The van der Waals surface area contributed by atoms with Gasteiger partial charge in [0.15, 0.2) is 0 Å². The van der Waals surface area contributed by atoms with E-state index >= 15 is 0 Å². The number of methoxy groups -OCH3 is 1. The molecule has 6 nitrogen and oxygen atoms in total. The van der Waals surface area contributed by atoms with Crippen molar-refractivity contribution in [1.82, 2.24) is 9.55 Å². The molecule has 0 bridgehead atoms. The van der Waals surface area contributed by atoms with Gasteiger partial charge in [0, 0.05) is 25.4 Å². The first kappa shape index (κ1) is 22.0. The Bertz CT molecular complexity index is 1310. The van der Waals surface area contributed by atoms with Gasteiger partial charge >= 0.3 is 0 Å². The Morgan fingerprint density at radius 1 is 0.971 bits per heavy atom. The summed E-state index contributed by atoms with van der Waals surface area (Å²) >= 11 is 0. The molecular formula is C28H29N3O3. The molecule has 2 heterocycles. The third kappa shape index (κ3) is 4.23. The average Bonchev–Trinajstić information content (AvgIpc) is 3.43. The zero-order valence-electron chi connectivity index (χ0n) is 19.6. The molecule has 1 aliphatic heterocycles. The molecule has 3 aromatic carbocycles. The van der Waals surface area contributed by atoms with Crippen LogP contribution in [-0.4, -0.2) is 35.7 Å². The summed E-state index contributed by atoms with van der Waals surface area (Å²) in [7, 11) is 1.63. The van der Waals surface area contributed by atoms with Crippen LogP contribution in [-0.2, 0) is 11.3 Å². The number of carbonyl (C=O) groups is 1. The summed E-state index contributed by atoms with van der Waals surface area (Å²) in [6, 6.07) is 23.9. The summed E-state index contributed by atoms with van der Waals surface area (Å²) in [5.74, 6) is 2.70. The molecule has 1 saturated heterocycles. The van der Waals surface area contributed by atoms with Crippen molar-refractivity contribution in [3.63, 3.8) is 0 Å². The highest BCUT2D eigenvalue weighted by Gasteiger charge is 2.35. The average molecular weight is 456 g/mol. The highest BCUT2D eigenvalue weighted by Crippen LogP contribution is 2.37. The second-order valence-corrected chi connectivity index (χ2v) is 8.66. The number of benzene rings is 3. The quantitative estimate of drug-likeness (QED) is 0.337. The van der Waals surface area contributed by atoms with Gasteiger partial charge in [0.1, 0.15) is 17.3 Å². The Hall–Kier alpha value is -3.80. The predicted octanol–water partition coefficient (Wildman–Crippen LogP) is 5.34. The molecule has 0 aliphatic carbocycles. The van der Waals surface area contributed by atoms with E-state index in [0.717, 1.165) is 46.8 Å². The van der Waals surface area contributed by atoms with Gasteiger partial charge in [-0.05, 0) is 49.2 Å². The van der Waals surface area contributed by atoms with Crippen molar-refractivity contribution in [3.8, 4) is 11.5 Å². The molecule has 0 N–H and O–H groups in total. The Morgan fingerprint density at radius 3 is 2.53 bits per heavy atom. The maximum Gasteiger partial charge on any atom is 0.227 e. The van der Waals surface area contributed by atoms with Crippen LogP contribution in [0.3, 0.4) is 0 Å². The van der Waals surface area contributed by atoms with Crippen molar-refractivity contribution in [1.29, 1.82) is 0 Å². The van der Waals surface area contributed by atoms with Gasteiger partial charge in [-0.15, -0.1) is 0 Å². The minimum absolute atomic E-state index is 0.0158. The first-order chi connectivity index (χ1) is 16.7. The standard InChI is InChI=1S/C28H29N3O3/c1-20-10-3-7-14-25(20)34-17-9-16-30-23-12-5-4-11-22(23)29-28(30)21-18-27(32)31(19-21)24-13-6-8-15-26(24)33-2/h3-8,10-15,21H,9,16-19H2,1-2H3/t21-/m1/s1. The molecule has 174 valence electrons. The Balaban J connectivity index is 1.37. The summed E-state index contributed by atoms with van der Waals surface area (Å²) in [5.41, 5.74) is 4.00. The summed E-state index contributed by atoms with van der Waals surface area (Å²) in [5, 5.41) is 0. The second-order valence-electron chi connectivity index (χ2n) is 8.66. The summed E-state index contributed by atoms with van der Waals surface area (Å²) in [6.45, 7) is 4.04. The molecule has 1 amide bonds. The van der Waals surface area contributed by atoms with E-state index in [9.17, 15) is 4.79 Å². The summed E-state index contributed by atoms with van der Waals surface area (Å²) < 4.78 is 13.8. The number of carbonyl (C=O) groups excluding carboxylic acids is 1. The Labute approximate surface area is 199 Å². The van der Waals surface area contributed by atoms with Gasteiger partial charge in [-0.1, -0.05) is 42.5 Å². The molecule has 5 rings (SSSR count). The van der Waals surface area contributed by atoms with Crippen LogP contribution in [0.5, 0.6) is 11.5 Å². The highest BCUT2D eigenvalue weighted by atomic mass is 16.5. The molecule has 1 aliphatic rings. The maximum absolute atomic E-state index is 13.0. The number of nitrogens with zero attached hydrogens (tertiary/aromatic N) is 3. The van der Waals surface area contributed by atoms with E-state index in [1.165, 1.54) is 0 Å². The molecule has 6 heteroatoms. The fourth-order valence-electron chi connectivity index (χ4n) is 4.73. The number of imidazole rings is 1. The second kappa shape index (κ2) is 9.59. The van der Waals surface area contributed by atoms with Crippen molar-refractivity contribution in [3.05, 3.63) is 84.2 Å². The first-order valence-electron chi connectivity index (χ1n) is 11.7. The molecule has 1 fully saturated rings. The van der Waals surface area contributed by atoms with Crippen LogP contribution in [0.15, 0.2) is 72.8 Å². The van der Waals surface area contributed by atoms with Crippen molar-refractivity contribution < 1.29 is 14.3 Å². The Kier molecular flexibility index (Phi) is 6.21. The zero-order valence-corrected chi connectivity index (χ0v) is 19.6.